The van der Waals surface area contributed by atoms with E-state index in [1.54, 1.807) is 18.2 Å². The van der Waals surface area contributed by atoms with Gasteiger partial charge in [-0.2, -0.15) is 5.26 Å². The number of nitrogens with zero attached hydrogens (tertiary/aromatic N) is 1. The summed E-state index contributed by atoms with van der Waals surface area (Å²) in [4.78, 5) is 11.2. The SMILES string of the molecule is Cc1cc(C#N)ccc1NC(CC(C)C)C(=O)O. The molecule has 4 nitrogen and oxygen atoms in total. The summed E-state index contributed by atoms with van der Waals surface area (Å²) < 4.78 is 0. The molecule has 0 saturated carbocycles. The standard InChI is InChI=1S/C14H18N2O2/c1-9(2)6-13(14(17)18)16-12-5-4-11(8-15)7-10(12)3/h4-5,7,9,13,16H,6H2,1-3H3,(H,17,18). The molecule has 0 aromatic heterocycles. The third-order valence-electron chi connectivity index (χ3n) is 2.69. The first kappa shape index (κ1) is 14.0. The van der Waals surface area contributed by atoms with Crippen LogP contribution in [-0.2, 0) is 4.79 Å². The molecule has 0 fully saturated rings. The molecule has 1 atom stereocenters. The Morgan fingerprint density at radius 1 is 1.50 bits per heavy atom. The third-order valence-corrected chi connectivity index (χ3v) is 2.69. The molecule has 4 heteroatoms. The Morgan fingerprint density at radius 3 is 2.61 bits per heavy atom. The van der Waals surface area contributed by atoms with Crippen LogP contribution in [0, 0.1) is 24.2 Å². The predicted octanol–water partition coefficient (Wildman–Crippen LogP) is 2.78. The van der Waals surface area contributed by atoms with Crippen LogP contribution in [0.15, 0.2) is 18.2 Å². The lowest BCUT2D eigenvalue weighted by molar-refractivity contribution is -0.138. The molecule has 0 aliphatic rings. The number of rotatable bonds is 5. The van der Waals surface area contributed by atoms with Gasteiger partial charge in [-0.3, -0.25) is 0 Å². The molecule has 1 unspecified atom stereocenters. The molecular weight excluding hydrogens is 228 g/mol. The average molecular weight is 246 g/mol. The van der Waals surface area contributed by atoms with E-state index in [1.165, 1.54) is 0 Å². The zero-order chi connectivity index (χ0) is 13.7. The molecule has 2 N–H and O–H groups in total. The number of benzene rings is 1. The van der Waals surface area contributed by atoms with Gasteiger partial charge in [-0.1, -0.05) is 13.8 Å². The van der Waals surface area contributed by atoms with Gasteiger partial charge in [-0.15, -0.1) is 0 Å². The summed E-state index contributed by atoms with van der Waals surface area (Å²) in [6.07, 6.45) is 0.564. The van der Waals surface area contributed by atoms with Gasteiger partial charge in [-0.05, 0) is 43.0 Å². The lowest BCUT2D eigenvalue weighted by atomic mass is 10.0. The number of aliphatic carboxylic acids is 1. The monoisotopic (exact) mass is 246 g/mol. The highest BCUT2D eigenvalue weighted by atomic mass is 16.4. The summed E-state index contributed by atoms with van der Waals surface area (Å²) in [5.74, 6) is -0.551. The highest BCUT2D eigenvalue weighted by Crippen LogP contribution is 2.19. The number of carboxylic acids is 1. The zero-order valence-electron chi connectivity index (χ0n) is 10.9. The van der Waals surface area contributed by atoms with E-state index >= 15 is 0 Å². The topological polar surface area (TPSA) is 73.1 Å². The lowest BCUT2D eigenvalue weighted by Crippen LogP contribution is -2.31. The van der Waals surface area contributed by atoms with E-state index in [-0.39, 0.29) is 0 Å². The van der Waals surface area contributed by atoms with Crippen molar-refractivity contribution in [3.8, 4) is 6.07 Å². The van der Waals surface area contributed by atoms with Crippen molar-refractivity contribution in [2.45, 2.75) is 33.2 Å². The second-order valence-corrected chi connectivity index (χ2v) is 4.81. The van der Waals surface area contributed by atoms with Crippen LogP contribution >= 0.6 is 0 Å². The summed E-state index contributed by atoms with van der Waals surface area (Å²) in [6, 6.07) is 6.64. The van der Waals surface area contributed by atoms with Gasteiger partial charge in [0.15, 0.2) is 0 Å². The molecule has 0 aliphatic heterocycles. The minimum atomic E-state index is -0.854. The molecule has 96 valence electrons. The van der Waals surface area contributed by atoms with Crippen LogP contribution in [0.3, 0.4) is 0 Å². The first-order valence-electron chi connectivity index (χ1n) is 5.94. The number of aryl methyl sites for hydroxylation is 1. The van der Waals surface area contributed by atoms with Crippen molar-refractivity contribution in [2.75, 3.05) is 5.32 Å². The minimum Gasteiger partial charge on any atom is -0.480 e. The Morgan fingerprint density at radius 2 is 2.17 bits per heavy atom. The summed E-state index contributed by atoms with van der Waals surface area (Å²) in [5.41, 5.74) is 2.22. The fourth-order valence-corrected chi connectivity index (χ4v) is 1.78. The third kappa shape index (κ3) is 3.77. The van der Waals surface area contributed by atoms with E-state index in [9.17, 15) is 4.79 Å². The van der Waals surface area contributed by atoms with Gasteiger partial charge in [0, 0.05) is 5.69 Å². The normalized spacial score (nSPS) is 11.9. The maximum absolute atomic E-state index is 11.2. The fourth-order valence-electron chi connectivity index (χ4n) is 1.78. The van der Waals surface area contributed by atoms with Gasteiger partial charge >= 0.3 is 5.97 Å². The van der Waals surface area contributed by atoms with Crippen LogP contribution in [0.1, 0.15) is 31.4 Å². The predicted molar refractivity (Wildman–Crippen MR) is 70.4 cm³/mol. The molecule has 0 bridgehead atoms. The van der Waals surface area contributed by atoms with Crippen LogP contribution in [0.25, 0.3) is 0 Å². The smallest absolute Gasteiger partial charge is 0.326 e. The summed E-state index contributed by atoms with van der Waals surface area (Å²) >= 11 is 0. The van der Waals surface area contributed by atoms with Crippen molar-refractivity contribution in [3.63, 3.8) is 0 Å². The van der Waals surface area contributed by atoms with E-state index < -0.39 is 12.0 Å². The fraction of sp³-hybridized carbons (Fsp3) is 0.429. The van der Waals surface area contributed by atoms with Crippen molar-refractivity contribution in [2.24, 2.45) is 5.92 Å². The van der Waals surface area contributed by atoms with Gasteiger partial charge in [0.2, 0.25) is 0 Å². The number of carboxylic acid groups (broad SMARTS) is 1. The van der Waals surface area contributed by atoms with Crippen molar-refractivity contribution < 1.29 is 9.90 Å². The van der Waals surface area contributed by atoms with Crippen LogP contribution in [0.4, 0.5) is 5.69 Å². The first-order valence-corrected chi connectivity index (χ1v) is 5.94. The number of nitrogens with one attached hydrogen (secondary N) is 1. The summed E-state index contributed by atoms with van der Waals surface area (Å²) in [6.45, 7) is 5.84. The molecule has 0 amide bonds. The largest absolute Gasteiger partial charge is 0.480 e. The van der Waals surface area contributed by atoms with E-state index in [0.717, 1.165) is 11.3 Å². The van der Waals surface area contributed by atoms with Crippen LogP contribution < -0.4 is 5.32 Å². The van der Waals surface area contributed by atoms with E-state index in [0.29, 0.717) is 17.9 Å². The Hall–Kier alpha value is -2.02. The number of hydrogen-bond acceptors (Lipinski definition) is 3. The van der Waals surface area contributed by atoms with Gasteiger partial charge < -0.3 is 10.4 Å². The Balaban J connectivity index is 2.88. The first-order chi connectivity index (χ1) is 8.43. The number of hydrogen-bond donors (Lipinski definition) is 2. The summed E-state index contributed by atoms with van der Waals surface area (Å²) in [5, 5.41) is 21.0. The minimum absolute atomic E-state index is 0.303. The molecule has 0 aliphatic carbocycles. The maximum atomic E-state index is 11.2. The molecular formula is C14H18N2O2. The molecule has 0 spiro atoms. The molecule has 18 heavy (non-hydrogen) atoms. The van der Waals surface area contributed by atoms with E-state index in [4.69, 9.17) is 10.4 Å². The Bertz CT molecular complexity index is 475. The molecule has 0 radical (unpaired) electrons. The van der Waals surface area contributed by atoms with Gasteiger partial charge in [-0.25, -0.2) is 4.79 Å². The highest BCUT2D eigenvalue weighted by molar-refractivity contribution is 5.77. The average Bonchev–Trinajstić information content (AvgIpc) is 2.29. The van der Waals surface area contributed by atoms with Crippen molar-refractivity contribution in [1.29, 1.82) is 5.26 Å². The van der Waals surface area contributed by atoms with Crippen molar-refractivity contribution >= 4 is 11.7 Å². The van der Waals surface area contributed by atoms with Gasteiger partial charge in [0.05, 0.1) is 11.6 Å². The van der Waals surface area contributed by atoms with Crippen LogP contribution in [-0.4, -0.2) is 17.1 Å². The molecule has 1 aromatic rings. The highest BCUT2D eigenvalue weighted by Gasteiger charge is 2.19. The molecule has 0 saturated heterocycles. The van der Waals surface area contributed by atoms with E-state index in [1.807, 2.05) is 20.8 Å². The van der Waals surface area contributed by atoms with Crippen molar-refractivity contribution in [3.05, 3.63) is 29.3 Å². The zero-order valence-corrected chi connectivity index (χ0v) is 10.9. The molecule has 1 aromatic carbocycles. The molecule has 1 rings (SSSR count). The summed E-state index contributed by atoms with van der Waals surface area (Å²) in [7, 11) is 0. The van der Waals surface area contributed by atoms with Gasteiger partial charge in [0.1, 0.15) is 6.04 Å². The Labute approximate surface area is 107 Å². The number of carbonyl (C=O) groups is 1. The van der Waals surface area contributed by atoms with E-state index in [2.05, 4.69) is 11.4 Å². The van der Waals surface area contributed by atoms with Crippen LogP contribution in [0.5, 0.6) is 0 Å². The Kier molecular flexibility index (Phi) is 4.73. The van der Waals surface area contributed by atoms with Crippen LogP contribution in [0.2, 0.25) is 0 Å². The maximum Gasteiger partial charge on any atom is 0.326 e. The lowest BCUT2D eigenvalue weighted by Gasteiger charge is -2.19. The number of anilines is 1. The van der Waals surface area contributed by atoms with Crippen molar-refractivity contribution in [1.82, 2.24) is 0 Å². The second-order valence-electron chi connectivity index (χ2n) is 4.81. The quantitative estimate of drug-likeness (QED) is 0.837. The number of nitriles is 1. The molecule has 0 heterocycles. The van der Waals surface area contributed by atoms with Gasteiger partial charge in [0.25, 0.3) is 0 Å². The second kappa shape index (κ2) is 6.06.